The Morgan fingerprint density at radius 1 is 1.29 bits per heavy atom. The van der Waals surface area contributed by atoms with E-state index in [-0.39, 0.29) is 6.10 Å². The second-order valence-corrected chi connectivity index (χ2v) is 5.07. The van der Waals surface area contributed by atoms with Crippen molar-refractivity contribution in [2.24, 2.45) is 5.92 Å². The summed E-state index contributed by atoms with van der Waals surface area (Å²) in [5.41, 5.74) is 1.18. The van der Waals surface area contributed by atoms with E-state index < -0.39 is 0 Å². The Morgan fingerprint density at radius 3 is 2.71 bits per heavy atom. The summed E-state index contributed by atoms with van der Waals surface area (Å²) in [5.74, 6) is 0.917. The number of carbonyl (C=O) groups is 1. The van der Waals surface area contributed by atoms with Gasteiger partial charge in [-0.3, -0.25) is 4.79 Å². The number of Topliss-reactive ketones (excluding diaryl/α,β-unsaturated/α-hetero) is 1. The fourth-order valence-corrected chi connectivity index (χ4v) is 2.55. The summed E-state index contributed by atoms with van der Waals surface area (Å²) in [6.45, 7) is 0. The van der Waals surface area contributed by atoms with Crippen LogP contribution in [-0.2, 0) is 11.2 Å². The minimum atomic E-state index is -0.270. The highest BCUT2D eigenvalue weighted by atomic mass is 16.3. The van der Waals surface area contributed by atoms with Crippen molar-refractivity contribution < 1.29 is 9.90 Å². The van der Waals surface area contributed by atoms with Crippen molar-refractivity contribution >= 4 is 5.78 Å². The number of ketones is 1. The summed E-state index contributed by atoms with van der Waals surface area (Å²) in [6.07, 6.45) is 4.76. The molecule has 1 saturated carbocycles. The lowest BCUT2D eigenvalue weighted by molar-refractivity contribution is -0.117. The van der Waals surface area contributed by atoms with Crippen molar-refractivity contribution in [1.82, 2.24) is 0 Å². The zero-order valence-corrected chi connectivity index (χ0v) is 10.1. The maximum Gasteiger partial charge on any atom is 0.133 e. The lowest BCUT2D eigenvalue weighted by atomic mass is 9.97. The van der Waals surface area contributed by atoms with Gasteiger partial charge in [-0.2, -0.15) is 0 Å². The van der Waals surface area contributed by atoms with Crippen molar-refractivity contribution in [1.29, 1.82) is 0 Å². The molecular formula is C15H20O2. The summed E-state index contributed by atoms with van der Waals surface area (Å²) in [6, 6.07) is 10.1. The van der Waals surface area contributed by atoms with Crippen LogP contribution in [0.25, 0.3) is 0 Å². The van der Waals surface area contributed by atoms with Crippen LogP contribution in [0.1, 0.15) is 37.7 Å². The van der Waals surface area contributed by atoms with Crippen LogP contribution in [0.5, 0.6) is 0 Å². The van der Waals surface area contributed by atoms with Gasteiger partial charge >= 0.3 is 0 Å². The number of hydrogen-bond acceptors (Lipinski definition) is 2. The summed E-state index contributed by atoms with van der Waals surface area (Å²) in [7, 11) is 0. The minimum absolute atomic E-state index is 0.270. The van der Waals surface area contributed by atoms with Gasteiger partial charge in [0.15, 0.2) is 0 Å². The van der Waals surface area contributed by atoms with Gasteiger partial charge in [-0.25, -0.2) is 0 Å². The van der Waals surface area contributed by atoms with Gasteiger partial charge in [-0.1, -0.05) is 30.3 Å². The van der Waals surface area contributed by atoms with Crippen molar-refractivity contribution in [3.05, 3.63) is 35.9 Å². The number of aliphatic hydroxyl groups excluding tert-OH is 1. The Morgan fingerprint density at radius 2 is 2.06 bits per heavy atom. The van der Waals surface area contributed by atoms with Gasteiger partial charge in [0, 0.05) is 12.8 Å². The van der Waals surface area contributed by atoms with Gasteiger partial charge in [0.1, 0.15) is 5.78 Å². The topological polar surface area (TPSA) is 37.3 Å². The second-order valence-electron chi connectivity index (χ2n) is 5.07. The van der Waals surface area contributed by atoms with Crippen LogP contribution in [0.15, 0.2) is 30.3 Å². The number of rotatable bonds is 5. The van der Waals surface area contributed by atoms with Crippen LogP contribution in [0.3, 0.4) is 0 Å². The first-order valence-corrected chi connectivity index (χ1v) is 6.47. The largest absolute Gasteiger partial charge is 0.393 e. The Hall–Kier alpha value is -1.15. The molecule has 17 heavy (non-hydrogen) atoms. The molecular weight excluding hydrogens is 212 g/mol. The van der Waals surface area contributed by atoms with E-state index in [1.54, 1.807) is 0 Å². The first-order chi connectivity index (χ1) is 8.24. The zero-order valence-electron chi connectivity index (χ0n) is 10.1. The molecule has 1 N–H and O–H groups in total. The van der Waals surface area contributed by atoms with Crippen molar-refractivity contribution in [2.45, 2.75) is 44.6 Å². The SMILES string of the molecule is O=C1CC[C@H](CCC(O)Cc2ccccc2)C1. The van der Waals surface area contributed by atoms with Gasteiger partial charge in [-0.15, -0.1) is 0 Å². The van der Waals surface area contributed by atoms with E-state index in [4.69, 9.17) is 0 Å². The molecule has 0 bridgehead atoms. The number of benzene rings is 1. The molecule has 92 valence electrons. The number of carbonyl (C=O) groups excluding carboxylic acids is 1. The third-order valence-electron chi connectivity index (χ3n) is 3.57. The molecule has 0 heterocycles. The third-order valence-corrected chi connectivity index (χ3v) is 3.57. The molecule has 1 aliphatic rings. The first kappa shape index (κ1) is 12.3. The van der Waals surface area contributed by atoms with E-state index >= 15 is 0 Å². The highest BCUT2D eigenvalue weighted by Gasteiger charge is 2.22. The highest BCUT2D eigenvalue weighted by molar-refractivity contribution is 5.80. The molecule has 2 rings (SSSR count). The molecule has 1 aliphatic carbocycles. The summed E-state index contributed by atoms with van der Waals surface area (Å²) >= 11 is 0. The molecule has 0 saturated heterocycles. The van der Waals surface area contributed by atoms with Crippen LogP contribution >= 0.6 is 0 Å². The summed E-state index contributed by atoms with van der Waals surface area (Å²) in [5, 5.41) is 9.94. The van der Waals surface area contributed by atoms with E-state index in [1.807, 2.05) is 30.3 Å². The quantitative estimate of drug-likeness (QED) is 0.847. The normalized spacial score (nSPS) is 21.7. The lowest BCUT2D eigenvalue weighted by Crippen LogP contribution is -2.12. The lowest BCUT2D eigenvalue weighted by Gasteiger charge is -2.13. The highest BCUT2D eigenvalue weighted by Crippen LogP contribution is 2.27. The molecule has 2 heteroatoms. The van der Waals surface area contributed by atoms with Gasteiger partial charge < -0.3 is 5.11 Å². The molecule has 0 radical (unpaired) electrons. The number of hydrogen-bond donors (Lipinski definition) is 1. The van der Waals surface area contributed by atoms with E-state index in [2.05, 4.69) is 0 Å². The summed E-state index contributed by atoms with van der Waals surface area (Å²) in [4.78, 5) is 11.1. The van der Waals surface area contributed by atoms with Crippen molar-refractivity contribution in [3.8, 4) is 0 Å². The molecule has 1 unspecified atom stereocenters. The van der Waals surface area contributed by atoms with E-state index in [9.17, 15) is 9.90 Å². The predicted molar refractivity (Wildman–Crippen MR) is 67.7 cm³/mol. The smallest absolute Gasteiger partial charge is 0.133 e. The summed E-state index contributed by atoms with van der Waals surface area (Å²) < 4.78 is 0. The van der Waals surface area contributed by atoms with Crippen molar-refractivity contribution in [3.63, 3.8) is 0 Å². The second kappa shape index (κ2) is 5.97. The molecule has 0 aromatic heterocycles. The molecule has 0 spiro atoms. The Balaban J connectivity index is 1.71. The Kier molecular flexibility index (Phi) is 4.32. The van der Waals surface area contributed by atoms with Crippen LogP contribution in [0.4, 0.5) is 0 Å². The monoisotopic (exact) mass is 232 g/mol. The molecule has 0 aliphatic heterocycles. The van der Waals surface area contributed by atoms with Crippen LogP contribution < -0.4 is 0 Å². The van der Waals surface area contributed by atoms with Gasteiger partial charge in [-0.05, 0) is 37.2 Å². The Labute approximate surface area is 103 Å². The Bertz CT molecular complexity index is 358. The van der Waals surface area contributed by atoms with E-state index in [0.29, 0.717) is 11.7 Å². The third kappa shape index (κ3) is 3.97. The van der Waals surface area contributed by atoms with E-state index in [0.717, 1.165) is 38.5 Å². The maximum atomic E-state index is 11.1. The fraction of sp³-hybridized carbons (Fsp3) is 0.533. The zero-order chi connectivity index (χ0) is 12.1. The van der Waals surface area contributed by atoms with E-state index in [1.165, 1.54) is 5.56 Å². The fourth-order valence-electron chi connectivity index (χ4n) is 2.55. The van der Waals surface area contributed by atoms with Gasteiger partial charge in [0.25, 0.3) is 0 Å². The van der Waals surface area contributed by atoms with Crippen molar-refractivity contribution in [2.75, 3.05) is 0 Å². The molecule has 2 atom stereocenters. The number of aliphatic hydroxyl groups is 1. The van der Waals surface area contributed by atoms with Crippen LogP contribution in [-0.4, -0.2) is 17.0 Å². The average Bonchev–Trinajstić information content (AvgIpc) is 2.74. The average molecular weight is 232 g/mol. The van der Waals surface area contributed by atoms with Gasteiger partial charge in [0.05, 0.1) is 6.10 Å². The standard InChI is InChI=1S/C15H20O2/c16-14(10-12-4-2-1-3-5-12)8-6-13-7-9-15(17)11-13/h1-5,13-14,16H,6-11H2/t13-,14?/m0/s1. The predicted octanol–water partition coefficient (Wildman–Crippen LogP) is 2.74. The van der Waals surface area contributed by atoms with Crippen LogP contribution in [0, 0.1) is 5.92 Å². The maximum absolute atomic E-state index is 11.1. The van der Waals surface area contributed by atoms with Crippen LogP contribution in [0.2, 0.25) is 0 Å². The first-order valence-electron chi connectivity index (χ1n) is 6.47. The van der Waals surface area contributed by atoms with Gasteiger partial charge in [0.2, 0.25) is 0 Å². The molecule has 0 amide bonds. The molecule has 1 aromatic rings. The molecule has 2 nitrogen and oxygen atoms in total. The minimum Gasteiger partial charge on any atom is -0.393 e. The molecule has 1 fully saturated rings. The molecule has 1 aromatic carbocycles.